The molecule has 0 saturated carbocycles. The maximum atomic E-state index is 12.3. The van der Waals surface area contributed by atoms with Gasteiger partial charge in [0.05, 0.1) is 6.67 Å². The van der Waals surface area contributed by atoms with E-state index < -0.39 is 0 Å². The summed E-state index contributed by atoms with van der Waals surface area (Å²) in [5.74, 6) is 2.05. The molecule has 0 bridgehead atoms. The lowest BCUT2D eigenvalue weighted by Crippen LogP contribution is -2.53. The van der Waals surface area contributed by atoms with E-state index in [4.69, 9.17) is 4.74 Å². The monoisotopic (exact) mass is 445 g/mol. The molecule has 5 rings (SSSR count). The molecular formula is C29H32FNO2. The van der Waals surface area contributed by atoms with Crippen LogP contribution in [0.3, 0.4) is 0 Å². The van der Waals surface area contributed by atoms with Gasteiger partial charge in [-0.3, -0.25) is 9.29 Å². The molecule has 1 N–H and O–H groups in total. The number of hydrogen-bond donors (Lipinski definition) is 1. The van der Waals surface area contributed by atoms with Crippen LogP contribution in [0.2, 0.25) is 0 Å². The average Bonchev–Trinajstić information content (AvgIpc) is 2.81. The third kappa shape index (κ3) is 5.06. The Hall–Kier alpha value is -2.85. The lowest BCUT2D eigenvalue weighted by atomic mass is 9.70. The first-order chi connectivity index (χ1) is 16.2. The minimum atomic E-state index is -0.251. The number of halogens is 1. The number of alkyl halides is 1. The molecule has 0 aromatic heterocycles. The van der Waals surface area contributed by atoms with Crippen molar-refractivity contribution >= 4 is 0 Å². The summed E-state index contributed by atoms with van der Waals surface area (Å²) in [4.78, 5) is 2.24. The number of fused-ring (bicyclic) bond motifs is 1. The van der Waals surface area contributed by atoms with Gasteiger partial charge in [-0.2, -0.15) is 0 Å². The fourth-order valence-electron chi connectivity index (χ4n) is 5.47. The van der Waals surface area contributed by atoms with E-state index in [1.54, 1.807) is 0 Å². The summed E-state index contributed by atoms with van der Waals surface area (Å²) in [6, 6.07) is 25.2. The normalized spacial score (nSPS) is 20.8. The van der Waals surface area contributed by atoms with Crippen molar-refractivity contribution in [2.45, 2.75) is 37.7 Å². The highest BCUT2D eigenvalue weighted by molar-refractivity contribution is 5.45. The van der Waals surface area contributed by atoms with E-state index in [2.05, 4.69) is 65.6 Å². The van der Waals surface area contributed by atoms with Gasteiger partial charge >= 0.3 is 0 Å². The minimum absolute atomic E-state index is 0.194. The van der Waals surface area contributed by atoms with Crippen LogP contribution < -0.4 is 4.74 Å². The first-order valence-corrected chi connectivity index (χ1v) is 12.1. The molecule has 2 atom stereocenters. The molecule has 2 aliphatic rings. The molecule has 3 nitrogen and oxygen atoms in total. The number of benzene rings is 3. The minimum Gasteiger partial charge on any atom is -0.508 e. The van der Waals surface area contributed by atoms with E-state index in [0.717, 1.165) is 44.6 Å². The number of ether oxygens (including phenoxy) is 1. The van der Waals surface area contributed by atoms with Crippen LogP contribution in [-0.4, -0.2) is 42.4 Å². The summed E-state index contributed by atoms with van der Waals surface area (Å²) < 4.78 is 18.5. The highest BCUT2D eigenvalue weighted by Gasteiger charge is 2.32. The summed E-state index contributed by atoms with van der Waals surface area (Å²) in [7, 11) is 0. The van der Waals surface area contributed by atoms with Gasteiger partial charge in [-0.1, -0.05) is 48.5 Å². The van der Waals surface area contributed by atoms with Gasteiger partial charge in [0.25, 0.3) is 0 Å². The number of aryl methyl sites for hydroxylation is 1. The number of hydrogen-bond acceptors (Lipinski definition) is 3. The summed E-state index contributed by atoms with van der Waals surface area (Å²) >= 11 is 0. The summed E-state index contributed by atoms with van der Waals surface area (Å²) in [5, 5.41) is 10.0. The molecule has 0 spiro atoms. The zero-order chi connectivity index (χ0) is 22.6. The number of likely N-dealkylation sites (tertiary alicyclic amines) is 1. The summed E-state index contributed by atoms with van der Waals surface area (Å²) in [5.41, 5.74) is 5.26. The second kappa shape index (κ2) is 9.96. The molecule has 1 fully saturated rings. The number of rotatable bonds is 8. The van der Waals surface area contributed by atoms with Gasteiger partial charge < -0.3 is 9.84 Å². The molecule has 1 aliphatic carbocycles. The smallest absolute Gasteiger partial charge is 0.124 e. The number of aromatic hydroxyl groups is 1. The third-order valence-electron chi connectivity index (χ3n) is 7.13. The van der Waals surface area contributed by atoms with Crippen LogP contribution in [0, 0.1) is 5.92 Å². The van der Waals surface area contributed by atoms with Gasteiger partial charge in [-0.05, 0) is 78.1 Å². The first kappa shape index (κ1) is 22.0. The highest BCUT2D eigenvalue weighted by Crippen LogP contribution is 2.43. The van der Waals surface area contributed by atoms with E-state index in [-0.39, 0.29) is 12.8 Å². The predicted molar refractivity (Wildman–Crippen MR) is 130 cm³/mol. The van der Waals surface area contributed by atoms with Gasteiger partial charge in [-0.25, -0.2) is 0 Å². The SMILES string of the molecule is Oc1ccc2c(c1)CCC(Cc1ccccc1)[C@@H]2c1ccc(OC2CN(CCCF)C2)cc1. The molecule has 0 radical (unpaired) electrons. The molecule has 1 saturated heterocycles. The van der Waals surface area contributed by atoms with Crippen molar-refractivity contribution in [1.82, 2.24) is 4.90 Å². The Balaban J connectivity index is 1.33. The van der Waals surface area contributed by atoms with Crippen LogP contribution in [0.4, 0.5) is 4.39 Å². The van der Waals surface area contributed by atoms with E-state index in [1.807, 2.05) is 12.1 Å². The van der Waals surface area contributed by atoms with E-state index in [9.17, 15) is 9.50 Å². The quantitative estimate of drug-likeness (QED) is 0.479. The Kier molecular flexibility index (Phi) is 6.63. The maximum absolute atomic E-state index is 12.3. The number of phenolic OH excluding ortho intramolecular Hbond substituents is 1. The standard InChI is InChI=1S/C29H32FNO2/c30-15-4-16-31-19-27(20-31)33-26-12-9-22(10-13-26)29-24(17-21-5-2-1-3-6-21)8-7-23-18-25(32)11-14-28(23)29/h1-3,5-6,9-14,18,24,27,29,32H,4,7-8,15-17,19-20H2/t24?,29-/m0/s1. The third-order valence-corrected chi connectivity index (χ3v) is 7.13. The van der Waals surface area contributed by atoms with Gasteiger partial charge in [0.2, 0.25) is 0 Å². The second-order valence-electron chi connectivity index (χ2n) is 9.46. The van der Waals surface area contributed by atoms with E-state index in [0.29, 0.717) is 24.0 Å². The summed E-state index contributed by atoms with van der Waals surface area (Å²) in [6.45, 7) is 2.31. The molecule has 1 aliphatic heterocycles. The van der Waals surface area contributed by atoms with Crippen LogP contribution in [-0.2, 0) is 12.8 Å². The highest BCUT2D eigenvalue weighted by atomic mass is 19.1. The van der Waals surface area contributed by atoms with Crippen LogP contribution in [0.1, 0.15) is 41.0 Å². The van der Waals surface area contributed by atoms with Gasteiger partial charge in [0.1, 0.15) is 17.6 Å². The topological polar surface area (TPSA) is 32.7 Å². The second-order valence-corrected chi connectivity index (χ2v) is 9.46. The Labute approximate surface area is 195 Å². The van der Waals surface area contributed by atoms with Crippen molar-refractivity contribution in [3.05, 3.63) is 95.1 Å². The Morgan fingerprint density at radius 3 is 2.52 bits per heavy atom. The van der Waals surface area contributed by atoms with Crippen molar-refractivity contribution in [2.75, 3.05) is 26.3 Å². The molecule has 172 valence electrons. The average molecular weight is 446 g/mol. The lowest BCUT2D eigenvalue weighted by Gasteiger charge is -2.39. The van der Waals surface area contributed by atoms with E-state index >= 15 is 0 Å². The molecule has 0 amide bonds. The molecular weight excluding hydrogens is 413 g/mol. The first-order valence-electron chi connectivity index (χ1n) is 12.1. The Morgan fingerprint density at radius 2 is 1.76 bits per heavy atom. The van der Waals surface area contributed by atoms with Gasteiger partial charge in [-0.15, -0.1) is 0 Å². The van der Waals surface area contributed by atoms with Crippen molar-refractivity contribution < 1.29 is 14.2 Å². The van der Waals surface area contributed by atoms with Crippen LogP contribution >= 0.6 is 0 Å². The van der Waals surface area contributed by atoms with Crippen LogP contribution in [0.25, 0.3) is 0 Å². The summed E-state index contributed by atoms with van der Waals surface area (Å²) in [6.07, 6.45) is 3.94. The Bertz CT molecular complexity index is 1050. The van der Waals surface area contributed by atoms with E-state index in [1.165, 1.54) is 22.3 Å². The van der Waals surface area contributed by atoms with Gasteiger partial charge in [0.15, 0.2) is 0 Å². The number of phenols is 1. The Morgan fingerprint density at radius 1 is 0.970 bits per heavy atom. The maximum Gasteiger partial charge on any atom is 0.124 e. The molecule has 1 heterocycles. The predicted octanol–water partition coefficient (Wildman–Crippen LogP) is 5.75. The zero-order valence-corrected chi connectivity index (χ0v) is 19.0. The fourth-order valence-corrected chi connectivity index (χ4v) is 5.47. The van der Waals surface area contributed by atoms with Crippen molar-refractivity contribution in [3.63, 3.8) is 0 Å². The van der Waals surface area contributed by atoms with Crippen molar-refractivity contribution in [2.24, 2.45) is 5.92 Å². The number of nitrogens with zero attached hydrogens (tertiary/aromatic N) is 1. The molecule has 3 aromatic rings. The van der Waals surface area contributed by atoms with Crippen molar-refractivity contribution in [1.29, 1.82) is 0 Å². The van der Waals surface area contributed by atoms with Crippen LogP contribution in [0.15, 0.2) is 72.8 Å². The zero-order valence-electron chi connectivity index (χ0n) is 19.0. The lowest BCUT2D eigenvalue weighted by molar-refractivity contribution is 0.0184. The molecule has 4 heteroatoms. The largest absolute Gasteiger partial charge is 0.508 e. The van der Waals surface area contributed by atoms with Crippen LogP contribution in [0.5, 0.6) is 11.5 Å². The molecule has 3 aromatic carbocycles. The molecule has 33 heavy (non-hydrogen) atoms. The van der Waals surface area contributed by atoms with Crippen molar-refractivity contribution in [3.8, 4) is 11.5 Å². The molecule has 1 unspecified atom stereocenters. The van der Waals surface area contributed by atoms with Gasteiger partial charge in [0, 0.05) is 25.6 Å². The fraction of sp³-hybridized carbons (Fsp3) is 0.379.